The molecule has 1 saturated carbocycles. The Balaban J connectivity index is 2.13. The molecule has 0 amide bonds. The third kappa shape index (κ3) is 2.21. The van der Waals surface area contributed by atoms with Gasteiger partial charge in [0.1, 0.15) is 0 Å². The Kier molecular flexibility index (Phi) is 2.97. The van der Waals surface area contributed by atoms with Crippen molar-refractivity contribution in [3.63, 3.8) is 0 Å². The van der Waals surface area contributed by atoms with E-state index in [1.165, 1.54) is 24.9 Å². The van der Waals surface area contributed by atoms with Gasteiger partial charge in [0.2, 0.25) is 0 Å². The average molecular weight is 210 g/mol. The summed E-state index contributed by atoms with van der Waals surface area (Å²) in [5.41, 5.74) is 1.32. The van der Waals surface area contributed by atoms with Gasteiger partial charge in [-0.3, -0.25) is 0 Å². The predicted molar refractivity (Wildman–Crippen MR) is 62.1 cm³/mol. The molecule has 0 heterocycles. The highest BCUT2D eigenvalue weighted by Crippen LogP contribution is 2.32. The smallest absolute Gasteiger partial charge is 0.0407 e. The molecule has 2 rings (SSSR count). The van der Waals surface area contributed by atoms with Crippen molar-refractivity contribution in [1.82, 2.24) is 0 Å². The highest BCUT2D eigenvalue weighted by molar-refractivity contribution is 6.30. The number of benzene rings is 1. The Bertz CT molecular complexity index is 290. The van der Waals surface area contributed by atoms with E-state index in [1.54, 1.807) is 0 Å². The standard InChI is InChI=1S/C12H16ClN/c1-2-9-14(12-7-8-12)11-5-3-10(13)4-6-11/h3-6,12H,2,7-9H2,1H3. The molecule has 0 atom stereocenters. The molecule has 1 aromatic rings. The van der Waals surface area contributed by atoms with Gasteiger partial charge in [-0.15, -0.1) is 0 Å². The second kappa shape index (κ2) is 4.22. The summed E-state index contributed by atoms with van der Waals surface area (Å²) >= 11 is 5.87. The molecule has 2 heteroatoms. The highest BCUT2D eigenvalue weighted by atomic mass is 35.5. The lowest BCUT2D eigenvalue weighted by atomic mass is 10.2. The molecule has 0 N–H and O–H groups in total. The van der Waals surface area contributed by atoms with Crippen molar-refractivity contribution in [2.45, 2.75) is 32.2 Å². The molecule has 1 fully saturated rings. The van der Waals surface area contributed by atoms with E-state index in [2.05, 4.69) is 24.0 Å². The van der Waals surface area contributed by atoms with Crippen LogP contribution in [0.5, 0.6) is 0 Å². The van der Waals surface area contributed by atoms with Crippen LogP contribution in [-0.2, 0) is 0 Å². The summed E-state index contributed by atoms with van der Waals surface area (Å²) in [6.07, 6.45) is 3.91. The van der Waals surface area contributed by atoms with Crippen molar-refractivity contribution in [3.8, 4) is 0 Å². The van der Waals surface area contributed by atoms with Crippen LogP contribution in [0, 0.1) is 0 Å². The van der Waals surface area contributed by atoms with Gasteiger partial charge in [0.25, 0.3) is 0 Å². The maximum Gasteiger partial charge on any atom is 0.0407 e. The number of hydrogen-bond donors (Lipinski definition) is 0. The van der Waals surface area contributed by atoms with Crippen molar-refractivity contribution in [2.75, 3.05) is 11.4 Å². The van der Waals surface area contributed by atoms with Gasteiger partial charge >= 0.3 is 0 Å². The second-order valence-electron chi connectivity index (χ2n) is 3.90. The topological polar surface area (TPSA) is 3.24 Å². The molecule has 0 bridgehead atoms. The van der Waals surface area contributed by atoms with Gasteiger partial charge in [-0.2, -0.15) is 0 Å². The Morgan fingerprint density at radius 3 is 2.43 bits per heavy atom. The summed E-state index contributed by atoms with van der Waals surface area (Å²) in [7, 11) is 0. The SMILES string of the molecule is CCCN(c1ccc(Cl)cc1)C1CC1. The molecule has 0 aromatic heterocycles. The monoisotopic (exact) mass is 209 g/mol. The minimum Gasteiger partial charge on any atom is -0.369 e. The van der Waals surface area contributed by atoms with E-state index in [-0.39, 0.29) is 0 Å². The van der Waals surface area contributed by atoms with E-state index in [0.29, 0.717) is 0 Å². The van der Waals surface area contributed by atoms with Gasteiger partial charge in [0.05, 0.1) is 0 Å². The first-order valence-corrected chi connectivity index (χ1v) is 5.71. The van der Waals surface area contributed by atoms with Crippen molar-refractivity contribution in [1.29, 1.82) is 0 Å². The number of nitrogens with zero attached hydrogens (tertiary/aromatic N) is 1. The molecule has 0 aliphatic heterocycles. The second-order valence-corrected chi connectivity index (χ2v) is 4.34. The first kappa shape index (κ1) is 9.85. The summed E-state index contributed by atoms with van der Waals surface area (Å²) in [5.74, 6) is 0. The van der Waals surface area contributed by atoms with E-state index in [4.69, 9.17) is 11.6 Å². The number of anilines is 1. The number of rotatable bonds is 4. The molecule has 0 radical (unpaired) electrons. The van der Waals surface area contributed by atoms with Gasteiger partial charge in [0.15, 0.2) is 0 Å². The molecule has 1 aliphatic rings. The number of hydrogen-bond acceptors (Lipinski definition) is 1. The van der Waals surface area contributed by atoms with Crippen molar-refractivity contribution < 1.29 is 0 Å². The third-order valence-electron chi connectivity index (χ3n) is 2.61. The molecule has 1 aromatic carbocycles. The molecule has 1 nitrogen and oxygen atoms in total. The zero-order valence-electron chi connectivity index (χ0n) is 8.54. The minimum atomic E-state index is 0.788. The molecule has 1 aliphatic carbocycles. The summed E-state index contributed by atoms with van der Waals surface area (Å²) in [6.45, 7) is 3.39. The van der Waals surface area contributed by atoms with Gasteiger partial charge in [-0.05, 0) is 43.5 Å². The van der Waals surface area contributed by atoms with Crippen molar-refractivity contribution in [2.24, 2.45) is 0 Å². The predicted octanol–water partition coefficient (Wildman–Crippen LogP) is 3.72. The third-order valence-corrected chi connectivity index (χ3v) is 2.86. The van der Waals surface area contributed by atoms with Gasteiger partial charge in [-0.25, -0.2) is 0 Å². The molecule has 0 unspecified atom stereocenters. The zero-order valence-corrected chi connectivity index (χ0v) is 9.30. The van der Waals surface area contributed by atoms with Crippen LogP contribution < -0.4 is 4.90 Å². The van der Waals surface area contributed by atoms with E-state index in [0.717, 1.165) is 17.6 Å². The fraction of sp³-hybridized carbons (Fsp3) is 0.500. The quantitative estimate of drug-likeness (QED) is 0.731. The van der Waals surface area contributed by atoms with E-state index < -0.39 is 0 Å². The zero-order chi connectivity index (χ0) is 9.97. The van der Waals surface area contributed by atoms with Crippen molar-refractivity contribution >= 4 is 17.3 Å². The largest absolute Gasteiger partial charge is 0.369 e. The fourth-order valence-corrected chi connectivity index (χ4v) is 1.91. The van der Waals surface area contributed by atoms with Gasteiger partial charge in [0, 0.05) is 23.3 Å². The van der Waals surface area contributed by atoms with Crippen LogP contribution in [0.3, 0.4) is 0 Å². The van der Waals surface area contributed by atoms with Crippen LogP contribution in [0.15, 0.2) is 24.3 Å². The van der Waals surface area contributed by atoms with Crippen LogP contribution in [0.1, 0.15) is 26.2 Å². The van der Waals surface area contributed by atoms with E-state index in [9.17, 15) is 0 Å². The first-order valence-electron chi connectivity index (χ1n) is 5.33. The Morgan fingerprint density at radius 1 is 1.29 bits per heavy atom. The first-order chi connectivity index (χ1) is 6.81. The summed E-state index contributed by atoms with van der Waals surface area (Å²) in [6, 6.07) is 8.98. The van der Waals surface area contributed by atoms with Crippen molar-refractivity contribution in [3.05, 3.63) is 29.3 Å². The molecule has 76 valence electrons. The fourth-order valence-electron chi connectivity index (χ4n) is 1.78. The minimum absolute atomic E-state index is 0.788. The lowest BCUT2D eigenvalue weighted by molar-refractivity contribution is 0.763. The van der Waals surface area contributed by atoms with Crippen LogP contribution in [0.4, 0.5) is 5.69 Å². The van der Waals surface area contributed by atoms with Gasteiger partial charge < -0.3 is 4.90 Å². The van der Waals surface area contributed by atoms with Crippen LogP contribution in [-0.4, -0.2) is 12.6 Å². The molecule has 0 spiro atoms. The molecular formula is C12H16ClN. The average Bonchev–Trinajstić information content (AvgIpc) is 2.99. The van der Waals surface area contributed by atoms with Gasteiger partial charge in [-0.1, -0.05) is 18.5 Å². The Morgan fingerprint density at radius 2 is 1.93 bits per heavy atom. The maximum absolute atomic E-state index is 5.87. The molecular weight excluding hydrogens is 194 g/mol. The highest BCUT2D eigenvalue weighted by Gasteiger charge is 2.28. The Hall–Kier alpha value is -0.690. The lowest BCUT2D eigenvalue weighted by Crippen LogP contribution is -2.26. The summed E-state index contributed by atoms with van der Waals surface area (Å²) < 4.78 is 0. The summed E-state index contributed by atoms with van der Waals surface area (Å²) in [5, 5.41) is 0.820. The molecule has 0 saturated heterocycles. The number of halogens is 1. The Labute approximate surface area is 90.7 Å². The van der Waals surface area contributed by atoms with Crippen LogP contribution in [0.25, 0.3) is 0 Å². The normalized spacial score (nSPS) is 15.6. The van der Waals surface area contributed by atoms with E-state index in [1.807, 2.05) is 12.1 Å². The summed E-state index contributed by atoms with van der Waals surface area (Å²) in [4.78, 5) is 2.50. The van der Waals surface area contributed by atoms with Crippen LogP contribution in [0.2, 0.25) is 5.02 Å². The lowest BCUT2D eigenvalue weighted by Gasteiger charge is -2.24. The maximum atomic E-state index is 5.87. The van der Waals surface area contributed by atoms with Crippen LogP contribution >= 0.6 is 11.6 Å². The molecule has 14 heavy (non-hydrogen) atoms. The van der Waals surface area contributed by atoms with E-state index >= 15 is 0 Å².